The Hall–Kier alpha value is -3.68. The number of ether oxygens (including phenoxy) is 2. The third-order valence-electron chi connectivity index (χ3n) is 4.50. The molecular formula is C24H28N2O6. The summed E-state index contributed by atoms with van der Waals surface area (Å²) in [6.45, 7) is 3.62. The van der Waals surface area contributed by atoms with Crippen molar-refractivity contribution in [1.29, 1.82) is 0 Å². The first kappa shape index (κ1) is 24.6. The van der Waals surface area contributed by atoms with E-state index in [-0.39, 0.29) is 38.4 Å². The zero-order valence-corrected chi connectivity index (χ0v) is 18.3. The Morgan fingerprint density at radius 2 is 1.53 bits per heavy atom. The molecule has 0 saturated heterocycles. The van der Waals surface area contributed by atoms with Crippen molar-refractivity contribution in [3.8, 4) is 0 Å². The summed E-state index contributed by atoms with van der Waals surface area (Å²) in [6.07, 6.45) is 1.19. The fourth-order valence-electron chi connectivity index (χ4n) is 2.88. The molecule has 2 amide bonds. The van der Waals surface area contributed by atoms with E-state index in [0.717, 1.165) is 12.0 Å². The first-order valence-corrected chi connectivity index (χ1v) is 10.5. The molecule has 0 unspecified atom stereocenters. The van der Waals surface area contributed by atoms with Crippen LogP contribution in [-0.2, 0) is 30.3 Å². The molecule has 0 heterocycles. The van der Waals surface area contributed by atoms with Crippen molar-refractivity contribution in [3.63, 3.8) is 0 Å². The first-order chi connectivity index (χ1) is 15.4. The number of nitrogens with one attached hydrogen (secondary N) is 2. The van der Waals surface area contributed by atoms with Gasteiger partial charge in [-0.25, -0.2) is 4.79 Å². The summed E-state index contributed by atoms with van der Waals surface area (Å²) in [6, 6.07) is 13.8. The Kier molecular flexibility index (Phi) is 9.90. The molecule has 0 aliphatic rings. The maximum Gasteiger partial charge on any atom is 0.338 e. The molecule has 0 aliphatic heterocycles. The van der Waals surface area contributed by atoms with Crippen molar-refractivity contribution in [1.82, 2.24) is 0 Å². The molecule has 0 aromatic heterocycles. The number of rotatable bonds is 11. The summed E-state index contributed by atoms with van der Waals surface area (Å²) < 4.78 is 9.88. The molecule has 2 aromatic carbocycles. The lowest BCUT2D eigenvalue weighted by atomic mass is 10.1. The maximum atomic E-state index is 12.0. The van der Waals surface area contributed by atoms with Gasteiger partial charge in [-0.2, -0.15) is 0 Å². The second-order valence-electron chi connectivity index (χ2n) is 6.92. The van der Waals surface area contributed by atoms with Crippen LogP contribution in [0.3, 0.4) is 0 Å². The van der Waals surface area contributed by atoms with Gasteiger partial charge in [-0.3, -0.25) is 14.4 Å². The van der Waals surface area contributed by atoms with Gasteiger partial charge in [-0.1, -0.05) is 25.1 Å². The van der Waals surface area contributed by atoms with E-state index in [1.807, 2.05) is 25.1 Å². The van der Waals surface area contributed by atoms with Crippen LogP contribution in [0.15, 0.2) is 48.5 Å². The lowest BCUT2D eigenvalue weighted by Gasteiger charge is -2.10. The van der Waals surface area contributed by atoms with E-state index in [1.165, 1.54) is 0 Å². The van der Waals surface area contributed by atoms with Crippen LogP contribution < -0.4 is 10.6 Å². The minimum atomic E-state index is -0.546. The van der Waals surface area contributed by atoms with Crippen LogP contribution in [-0.4, -0.2) is 37.0 Å². The summed E-state index contributed by atoms with van der Waals surface area (Å²) in [5.41, 5.74) is 2.63. The van der Waals surface area contributed by atoms with Crippen LogP contribution in [0.2, 0.25) is 0 Å². The zero-order chi connectivity index (χ0) is 23.3. The second-order valence-corrected chi connectivity index (χ2v) is 6.92. The monoisotopic (exact) mass is 440 g/mol. The molecule has 0 fully saturated rings. The van der Waals surface area contributed by atoms with Gasteiger partial charge < -0.3 is 20.1 Å². The van der Waals surface area contributed by atoms with Gasteiger partial charge in [0, 0.05) is 24.2 Å². The van der Waals surface area contributed by atoms with Crippen LogP contribution in [0, 0.1) is 0 Å². The molecule has 0 radical (unpaired) electrons. The molecule has 2 aromatic rings. The Morgan fingerprint density at radius 3 is 2.22 bits per heavy atom. The van der Waals surface area contributed by atoms with Crippen molar-refractivity contribution >= 4 is 35.1 Å². The fraction of sp³-hybridized carbons (Fsp3) is 0.333. The average Bonchev–Trinajstić information content (AvgIpc) is 2.78. The summed E-state index contributed by atoms with van der Waals surface area (Å²) in [7, 11) is 0. The van der Waals surface area contributed by atoms with Crippen LogP contribution in [0.25, 0.3) is 0 Å². The predicted molar refractivity (Wildman–Crippen MR) is 120 cm³/mol. The molecule has 0 saturated carbocycles. The molecule has 0 atom stereocenters. The first-order valence-electron chi connectivity index (χ1n) is 10.5. The molecule has 2 N–H and O–H groups in total. The summed E-state index contributed by atoms with van der Waals surface area (Å²) in [5.74, 6) is -1.65. The lowest BCUT2D eigenvalue weighted by Crippen LogP contribution is -2.21. The minimum absolute atomic E-state index is 0.0219. The minimum Gasteiger partial charge on any atom is -0.462 e. The van der Waals surface area contributed by atoms with Gasteiger partial charge in [-0.05, 0) is 55.7 Å². The molecule has 8 heteroatoms. The highest BCUT2D eigenvalue weighted by Crippen LogP contribution is 2.15. The highest BCUT2D eigenvalue weighted by atomic mass is 16.5. The number of para-hydroxylation sites is 1. The highest BCUT2D eigenvalue weighted by Gasteiger charge is 2.11. The van der Waals surface area contributed by atoms with Crippen molar-refractivity contribution < 1.29 is 28.7 Å². The maximum absolute atomic E-state index is 12.0. The van der Waals surface area contributed by atoms with E-state index >= 15 is 0 Å². The number of hydrogen-bond acceptors (Lipinski definition) is 6. The van der Waals surface area contributed by atoms with Gasteiger partial charge in [-0.15, -0.1) is 0 Å². The topological polar surface area (TPSA) is 111 Å². The Morgan fingerprint density at radius 1 is 0.812 bits per heavy atom. The fourth-order valence-corrected chi connectivity index (χ4v) is 2.88. The SMILES string of the molecule is CCOC(=O)c1ccc(NC(=O)CCCC(=O)OCC(=O)Nc2ccccc2CC)cc1. The Balaban J connectivity index is 1.66. The smallest absolute Gasteiger partial charge is 0.338 e. The standard InChI is InChI=1S/C24H28N2O6/c1-3-17-8-5-6-9-20(17)26-22(28)16-32-23(29)11-7-10-21(27)25-19-14-12-18(13-15-19)24(30)31-4-2/h5-6,8-9,12-15H,3-4,7,10-11,16H2,1-2H3,(H,25,27)(H,26,28). The van der Waals surface area contributed by atoms with E-state index < -0.39 is 17.8 Å². The molecule has 170 valence electrons. The summed E-state index contributed by atoms with van der Waals surface area (Å²) >= 11 is 0. The summed E-state index contributed by atoms with van der Waals surface area (Å²) in [5, 5.41) is 5.42. The Bertz CT molecular complexity index is 940. The van der Waals surface area contributed by atoms with Crippen molar-refractivity contribution in [2.45, 2.75) is 39.5 Å². The van der Waals surface area contributed by atoms with Crippen molar-refractivity contribution in [2.75, 3.05) is 23.8 Å². The third kappa shape index (κ3) is 8.22. The number of esters is 2. The molecule has 8 nitrogen and oxygen atoms in total. The normalized spacial score (nSPS) is 10.2. The molecular weight excluding hydrogens is 412 g/mol. The van der Waals surface area contributed by atoms with E-state index in [4.69, 9.17) is 9.47 Å². The van der Waals surface area contributed by atoms with Gasteiger partial charge in [0.05, 0.1) is 12.2 Å². The number of amides is 2. The predicted octanol–water partition coefficient (Wildman–Crippen LogP) is 3.72. The number of anilines is 2. The number of hydrogen-bond donors (Lipinski definition) is 2. The van der Waals surface area contributed by atoms with Crippen molar-refractivity contribution in [3.05, 3.63) is 59.7 Å². The Labute approximate surface area is 187 Å². The molecule has 32 heavy (non-hydrogen) atoms. The quantitative estimate of drug-likeness (QED) is 0.515. The number of aryl methyl sites for hydroxylation is 1. The van der Waals surface area contributed by atoms with Gasteiger partial charge in [0.1, 0.15) is 0 Å². The second kappa shape index (κ2) is 12.9. The van der Waals surface area contributed by atoms with E-state index in [0.29, 0.717) is 16.9 Å². The number of carbonyl (C=O) groups is 4. The van der Waals surface area contributed by atoms with Crippen LogP contribution in [0.1, 0.15) is 49.0 Å². The highest BCUT2D eigenvalue weighted by molar-refractivity contribution is 5.94. The van der Waals surface area contributed by atoms with Crippen molar-refractivity contribution in [2.24, 2.45) is 0 Å². The largest absolute Gasteiger partial charge is 0.462 e. The number of benzene rings is 2. The lowest BCUT2D eigenvalue weighted by molar-refractivity contribution is -0.147. The van der Waals surface area contributed by atoms with E-state index in [1.54, 1.807) is 37.3 Å². The molecule has 0 bridgehead atoms. The average molecular weight is 440 g/mol. The molecule has 0 spiro atoms. The van der Waals surface area contributed by atoms with Gasteiger partial charge >= 0.3 is 11.9 Å². The summed E-state index contributed by atoms with van der Waals surface area (Å²) in [4.78, 5) is 47.5. The van der Waals surface area contributed by atoms with Crippen LogP contribution in [0.5, 0.6) is 0 Å². The van der Waals surface area contributed by atoms with E-state index in [9.17, 15) is 19.2 Å². The third-order valence-corrected chi connectivity index (χ3v) is 4.50. The van der Waals surface area contributed by atoms with E-state index in [2.05, 4.69) is 10.6 Å². The van der Waals surface area contributed by atoms with Gasteiger partial charge in [0.25, 0.3) is 5.91 Å². The number of carbonyl (C=O) groups excluding carboxylic acids is 4. The van der Waals surface area contributed by atoms with Crippen LogP contribution in [0.4, 0.5) is 11.4 Å². The van der Waals surface area contributed by atoms with Gasteiger partial charge in [0.2, 0.25) is 5.91 Å². The molecule has 0 aliphatic carbocycles. The van der Waals surface area contributed by atoms with Crippen LogP contribution >= 0.6 is 0 Å². The molecule has 2 rings (SSSR count). The zero-order valence-electron chi connectivity index (χ0n) is 18.3. The van der Waals surface area contributed by atoms with Gasteiger partial charge in [0.15, 0.2) is 6.61 Å².